The van der Waals surface area contributed by atoms with Gasteiger partial charge in [-0.2, -0.15) is 0 Å². The van der Waals surface area contributed by atoms with E-state index in [0.29, 0.717) is 19.3 Å². The van der Waals surface area contributed by atoms with E-state index in [4.69, 9.17) is 9.47 Å². The van der Waals surface area contributed by atoms with E-state index >= 15 is 0 Å². The Hall–Kier alpha value is -2.53. The third-order valence-electron chi connectivity index (χ3n) is 7.00. The number of hydrogen-bond donors (Lipinski definition) is 0. The fraction of sp³-hybridized carbons (Fsp3) is 0.481. The van der Waals surface area contributed by atoms with Gasteiger partial charge in [0.2, 0.25) is 0 Å². The molecule has 1 unspecified atom stereocenters. The van der Waals surface area contributed by atoms with Gasteiger partial charge in [-0.15, -0.1) is 0 Å². The molecule has 0 bridgehead atoms. The Balaban J connectivity index is 1.78. The summed E-state index contributed by atoms with van der Waals surface area (Å²) in [5.74, 6) is -1.32. The number of methoxy groups -OCH3 is 1. The highest BCUT2D eigenvalue weighted by molar-refractivity contribution is 6.15. The van der Waals surface area contributed by atoms with Gasteiger partial charge in [-0.3, -0.25) is 9.59 Å². The van der Waals surface area contributed by atoms with Gasteiger partial charge in [-0.05, 0) is 67.5 Å². The maximum Gasteiger partial charge on any atom is 0.179 e. The van der Waals surface area contributed by atoms with Gasteiger partial charge in [-0.1, -0.05) is 50.5 Å². The van der Waals surface area contributed by atoms with E-state index in [1.54, 1.807) is 26.0 Å². The molecule has 1 aliphatic carbocycles. The number of carbonyl (C=O) groups is 2. The summed E-state index contributed by atoms with van der Waals surface area (Å²) in [6, 6.07) is 10.5. The molecule has 0 amide bonds. The molecule has 4 rings (SSSR count). The molecule has 2 fully saturated rings. The normalized spacial score (nSPS) is 22.2. The first-order valence-electron chi connectivity index (χ1n) is 11.5. The second-order valence-corrected chi connectivity index (χ2v) is 9.45. The van der Waals surface area contributed by atoms with Gasteiger partial charge in [-0.25, -0.2) is 4.39 Å². The van der Waals surface area contributed by atoms with E-state index in [1.165, 1.54) is 13.2 Å². The quantitative estimate of drug-likeness (QED) is 0.567. The number of Topliss-reactive ketones (excluding diaryl/α,β-unsaturated/α-hetero) is 2. The highest BCUT2D eigenvalue weighted by Gasteiger charge is 2.57. The molecular weight excluding hydrogens is 407 g/mol. The van der Waals surface area contributed by atoms with Crippen molar-refractivity contribution in [3.63, 3.8) is 0 Å². The van der Waals surface area contributed by atoms with Crippen molar-refractivity contribution in [3.05, 3.63) is 53.3 Å². The van der Waals surface area contributed by atoms with E-state index in [2.05, 4.69) is 0 Å². The summed E-state index contributed by atoms with van der Waals surface area (Å²) in [6.45, 7) is 5.59. The van der Waals surface area contributed by atoms with Crippen molar-refractivity contribution in [1.82, 2.24) is 0 Å². The molecule has 0 aromatic heterocycles. The molecule has 1 aliphatic heterocycles. The number of rotatable bonds is 4. The summed E-state index contributed by atoms with van der Waals surface area (Å²) in [6.07, 6.45) is 4.99. The summed E-state index contributed by atoms with van der Waals surface area (Å²) in [5, 5.41) is 0. The van der Waals surface area contributed by atoms with Gasteiger partial charge in [0.15, 0.2) is 23.1 Å². The van der Waals surface area contributed by atoms with Crippen LogP contribution in [0.15, 0.2) is 36.4 Å². The Morgan fingerprint density at radius 3 is 2.31 bits per heavy atom. The van der Waals surface area contributed by atoms with Gasteiger partial charge in [0.05, 0.1) is 7.11 Å². The first-order valence-corrected chi connectivity index (χ1v) is 11.5. The Bertz CT molecular complexity index is 1050. The number of ether oxygens (including phenoxy) is 2. The first-order chi connectivity index (χ1) is 15.2. The Kier molecular flexibility index (Phi) is 5.97. The van der Waals surface area contributed by atoms with Crippen LogP contribution in [-0.2, 0) is 20.7 Å². The summed E-state index contributed by atoms with van der Waals surface area (Å²) in [7, 11) is 1.44. The van der Waals surface area contributed by atoms with Crippen LogP contribution in [-0.4, -0.2) is 29.9 Å². The fourth-order valence-electron chi connectivity index (χ4n) is 5.29. The molecule has 32 heavy (non-hydrogen) atoms. The van der Waals surface area contributed by atoms with Crippen LogP contribution >= 0.6 is 0 Å². The second kappa shape index (κ2) is 8.43. The van der Waals surface area contributed by atoms with Crippen LogP contribution in [0.1, 0.15) is 69.9 Å². The summed E-state index contributed by atoms with van der Waals surface area (Å²) in [5.41, 5.74) is 1.54. The fourth-order valence-corrected chi connectivity index (χ4v) is 5.29. The second-order valence-electron chi connectivity index (χ2n) is 9.45. The number of halogens is 1. The number of ketones is 2. The third kappa shape index (κ3) is 3.77. The Morgan fingerprint density at radius 2 is 1.66 bits per heavy atom. The minimum absolute atomic E-state index is 0.0903. The summed E-state index contributed by atoms with van der Waals surface area (Å²) < 4.78 is 25.2. The lowest BCUT2D eigenvalue weighted by atomic mass is 9.68. The standard InChI is InChI=1S/C27H31FO4/c1-5-17-15-18(19-10-12-21(28)22(16-19)31-4)9-11-20(17)23-24(29)26(2,3)32-27(25(23)30)13-7-6-8-14-27/h9-12,15-16,23H,5-8,13-14H2,1-4H3. The van der Waals surface area contributed by atoms with Crippen LogP contribution in [0.5, 0.6) is 5.75 Å². The Morgan fingerprint density at radius 1 is 1.00 bits per heavy atom. The van der Waals surface area contributed by atoms with Gasteiger partial charge >= 0.3 is 0 Å². The predicted molar refractivity (Wildman–Crippen MR) is 122 cm³/mol. The highest BCUT2D eigenvalue weighted by Crippen LogP contribution is 2.46. The van der Waals surface area contributed by atoms with Crippen LogP contribution in [0.2, 0.25) is 0 Å². The topological polar surface area (TPSA) is 52.6 Å². The van der Waals surface area contributed by atoms with Crippen molar-refractivity contribution in [2.45, 2.75) is 76.4 Å². The summed E-state index contributed by atoms with van der Waals surface area (Å²) >= 11 is 0. The molecule has 1 saturated carbocycles. The van der Waals surface area contributed by atoms with Crippen molar-refractivity contribution in [3.8, 4) is 16.9 Å². The van der Waals surface area contributed by atoms with Crippen molar-refractivity contribution in [2.75, 3.05) is 7.11 Å². The van der Waals surface area contributed by atoms with E-state index in [1.807, 2.05) is 25.1 Å². The number of hydrogen-bond acceptors (Lipinski definition) is 4. The van der Waals surface area contributed by atoms with Crippen LogP contribution in [0.25, 0.3) is 11.1 Å². The Labute approximate surface area is 189 Å². The smallest absolute Gasteiger partial charge is 0.179 e. The van der Waals surface area contributed by atoms with Gasteiger partial charge in [0, 0.05) is 0 Å². The maximum absolute atomic E-state index is 13.9. The van der Waals surface area contributed by atoms with E-state index in [-0.39, 0.29) is 17.3 Å². The van der Waals surface area contributed by atoms with Gasteiger partial charge in [0.1, 0.15) is 17.1 Å². The average Bonchev–Trinajstić information content (AvgIpc) is 2.79. The molecule has 2 aromatic rings. The molecule has 2 aliphatic rings. The zero-order chi connectivity index (χ0) is 23.1. The van der Waals surface area contributed by atoms with Crippen LogP contribution in [0, 0.1) is 5.82 Å². The zero-order valence-corrected chi connectivity index (χ0v) is 19.3. The number of benzene rings is 2. The lowest BCUT2D eigenvalue weighted by molar-refractivity contribution is -0.197. The average molecular weight is 439 g/mol. The van der Waals surface area contributed by atoms with Crippen molar-refractivity contribution in [1.29, 1.82) is 0 Å². The van der Waals surface area contributed by atoms with Crippen molar-refractivity contribution < 1.29 is 23.5 Å². The largest absolute Gasteiger partial charge is 0.494 e. The van der Waals surface area contributed by atoms with Crippen molar-refractivity contribution in [2.24, 2.45) is 0 Å². The predicted octanol–water partition coefficient (Wildman–Crippen LogP) is 5.80. The molecule has 1 heterocycles. The van der Waals surface area contributed by atoms with Crippen molar-refractivity contribution >= 4 is 11.6 Å². The molecule has 4 nitrogen and oxygen atoms in total. The first kappa shape index (κ1) is 22.7. The minimum Gasteiger partial charge on any atom is -0.494 e. The molecule has 0 radical (unpaired) electrons. The maximum atomic E-state index is 13.9. The molecule has 170 valence electrons. The monoisotopic (exact) mass is 438 g/mol. The molecule has 0 N–H and O–H groups in total. The van der Waals surface area contributed by atoms with E-state index < -0.39 is 22.9 Å². The van der Waals surface area contributed by atoms with E-state index in [0.717, 1.165) is 41.5 Å². The molecule has 2 aromatic carbocycles. The van der Waals surface area contributed by atoms with Gasteiger partial charge in [0.25, 0.3) is 0 Å². The molecule has 1 atom stereocenters. The lowest BCUT2D eigenvalue weighted by Crippen LogP contribution is -2.61. The van der Waals surface area contributed by atoms with Gasteiger partial charge < -0.3 is 9.47 Å². The molecular formula is C27H31FO4. The third-order valence-corrected chi connectivity index (χ3v) is 7.00. The molecule has 5 heteroatoms. The number of aryl methyl sites for hydroxylation is 1. The minimum atomic E-state index is -1.01. The SMILES string of the molecule is CCc1cc(-c2ccc(F)c(OC)c2)ccc1C1C(=O)C(C)(C)OC2(CCCCC2)C1=O. The van der Waals surface area contributed by atoms with Crippen LogP contribution in [0.4, 0.5) is 4.39 Å². The lowest BCUT2D eigenvalue weighted by Gasteiger charge is -2.48. The highest BCUT2D eigenvalue weighted by atomic mass is 19.1. The number of carbonyl (C=O) groups excluding carboxylic acids is 2. The van der Waals surface area contributed by atoms with E-state index in [9.17, 15) is 14.0 Å². The summed E-state index contributed by atoms with van der Waals surface area (Å²) in [4.78, 5) is 27.2. The molecule has 1 spiro atoms. The zero-order valence-electron chi connectivity index (χ0n) is 19.3. The molecule has 1 saturated heterocycles. The van der Waals surface area contributed by atoms with Crippen LogP contribution < -0.4 is 4.74 Å². The van der Waals surface area contributed by atoms with Crippen LogP contribution in [0.3, 0.4) is 0 Å².